The van der Waals surface area contributed by atoms with Crippen molar-refractivity contribution in [1.82, 2.24) is 0 Å². The summed E-state index contributed by atoms with van der Waals surface area (Å²) in [7, 11) is 0. The van der Waals surface area contributed by atoms with Gasteiger partial charge in [-0.05, 0) is 42.8 Å². The van der Waals surface area contributed by atoms with Gasteiger partial charge in [-0.25, -0.2) is 0 Å². The van der Waals surface area contributed by atoms with Gasteiger partial charge in [0.05, 0.1) is 15.7 Å². The van der Waals surface area contributed by atoms with Crippen LogP contribution in [0.2, 0.25) is 15.1 Å². The zero-order chi connectivity index (χ0) is 19.1. The van der Waals surface area contributed by atoms with Gasteiger partial charge in [-0.1, -0.05) is 41.7 Å². The van der Waals surface area contributed by atoms with E-state index in [4.69, 9.17) is 39.5 Å². The molecule has 0 atom stereocenters. The topological polar surface area (TPSA) is 67.4 Å². The number of carbonyl (C=O) groups is 2. The molecule has 138 valence electrons. The van der Waals surface area contributed by atoms with Crippen molar-refractivity contribution in [3.63, 3.8) is 0 Å². The molecule has 0 bridgehead atoms. The van der Waals surface area contributed by atoms with E-state index in [-0.39, 0.29) is 12.5 Å². The maximum Gasteiger partial charge on any atom is 0.262 e. The van der Waals surface area contributed by atoms with E-state index in [1.807, 2.05) is 6.92 Å². The molecule has 0 aromatic heterocycles. The molecule has 0 saturated heterocycles. The van der Waals surface area contributed by atoms with Crippen LogP contribution in [-0.2, 0) is 9.59 Å². The Morgan fingerprint density at radius 3 is 2.42 bits per heavy atom. The van der Waals surface area contributed by atoms with Gasteiger partial charge in [0, 0.05) is 17.1 Å². The third kappa shape index (κ3) is 6.09. The smallest absolute Gasteiger partial charge is 0.262 e. The maximum atomic E-state index is 12.1. The molecule has 2 rings (SSSR count). The van der Waals surface area contributed by atoms with Crippen molar-refractivity contribution in [3.8, 4) is 5.75 Å². The van der Waals surface area contributed by atoms with E-state index in [0.717, 1.165) is 6.42 Å². The summed E-state index contributed by atoms with van der Waals surface area (Å²) in [5.74, 6) is -0.180. The van der Waals surface area contributed by atoms with Crippen LogP contribution in [0.4, 0.5) is 11.4 Å². The normalized spacial score (nSPS) is 10.3. The average Bonchev–Trinajstić information content (AvgIpc) is 2.57. The van der Waals surface area contributed by atoms with Gasteiger partial charge in [0.2, 0.25) is 5.91 Å². The fraction of sp³-hybridized carbons (Fsp3) is 0.222. The van der Waals surface area contributed by atoms with Crippen LogP contribution in [0, 0.1) is 0 Å². The van der Waals surface area contributed by atoms with Crippen LogP contribution in [-0.4, -0.2) is 18.4 Å². The third-order valence-electron chi connectivity index (χ3n) is 3.25. The third-order valence-corrected chi connectivity index (χ3v) is 4.11. The monoisotopic (exact) mass is 414 g/mol. The average molecular weight is 416 g/mol. The zero-order valence-corrected chi connectivity index (χ0v) is 16.2. The van der Waals surface area contributed by atoms with E-state index in [9.17, 15) is 9.59 Å². The summed E-state index contributed by atoms with van der Waals surface area (Å²) in [5, 5.41) is 6.51. The van der Waals surface area contributed by atoms with Crippen LogP contribution in [0.5, 0.6) is 5.75 Å². The summed E-state index contributed by atoms with van der Waals surface area (Å²) in [4.78, 5) is 23.8. The molecule has 0 aliphatic carbocycles. The number of rotatable bonds is 7. The molecule has 5 nitrogen and oxygen atoms in total. The Morgan fingerprint density at radius 1 is 0.962 bits per heavy atom. The molecular formula is C18H17Cl3N2O3. The molecule has 2 aromatic rings. The van der Waals surface area contributed by atoms with Gasteiger partial charge in [-0.2, -0.15) is 0 Å². The lowest BCUT2D eigenvalue weighted by Gasteiger charge is -2.12. The maximum absolute atomic E-state index is 12.1. The number of nitrogens with one attached hydrogen (secondary N) is 2. The Kier molecular flexibility index (Phi) is 7.57. The van der Waals surface area contributed by atoms with Gasteiger partial charge in [0.15, 0.2) is 6.61 Å². The standard InChI is InChI=1S/C18H17Cl3N2O3/c1-2-3-17(24)22-12-5-6-13(20)15(9-12)23-18(25)10-26-16-7-4-11(19)8-14(16)21/h4-9H,2-3,10H2,1H3,(H,22,24)(H,23,25). The molecule has 0 saturated carbocycles. The number of halogens is 3. The van der Waals surface area contributed by atoms with Crippen molar-refractivity contribution < 1.29 is 14.3 Å². The molecule has 0 spiro atoms. The number of hydrogen-bond donors (Lipinski definition) is 2. The largest absolute Gasteiger partial charge is 0.482 e. The van der Waals surface area contributed by atoms with Gasteiger partial charge in [0.1, 0.15) is 5.75 Å². The highest BCUT2D eigenvalue weighted by molar-refractivity contribution is 6.35. The predicted molar refractivity (Wildman–Crippen MR) is 106 cm³/mol. The van der Waals surface area contributed by atoms with Crippen molar-refractivity contribution in [2.24, 2.45) is 0 Å². The first-order valence-electron chi connectivity index (χ1n) is 7.86. The second kappa shape index (κ2) is 9.67. The van der Waals surface area contributed by atoms with Gasteiger partial charge < -0.3 is 15.4 Å². The summed E-state index contributed by atoms with van der Waals surface area (Å²) in [6.07, 6.45) is 1.16. The number of amides is 2. The number of benzene rings is 2. The lowest BCUT2D eigenvalue weighted by Crippen LogP contribution is -2.20. The van der Waals surface area contributed by atoms with Gasteiger partial charge in [-0.15, -0.1) is 0 Å². The van der Waals surface area contributed by atoms with Crippen LogP contribution in [0.1, 0.15) is 19.8 Å². The molecule has 2 amide bonds. The Bertz CT molecular complexity index is 812. The predicted octanol–water partition coefficient (Wildman–Crippen LogP) is 5.40. The van der Waals surface area contributed by atoms with Gasteiger partial charge in [0.25, 0.3) is 5.91 Å². The van der Waals surface area contributed by atoms with Crippen LogP contribution < -0.4 is 15.4 Å². The van der Waals surface area contributed by atoms with Gasteiger partial charge in [-0.3, -0.25) is 9.59 Å². The molecule has 2 aromatic carbocycles. The SMILES string of the molecule is CCCC(=O)Nc1ccc(Cl)c(NC(=O)COc2ccc(Cl)cc2Cl)c1. The van der Waals surface area contributed by atoms with Crippen molar-refractivity contribution in [2.45, 2.75) is 19.8 Å². The Labute approximate surface area is 166 Å². The zero-order valence-electron chi connectivity index (χ0n) is 13.9. The Morgan fingerprint density at radius 2 is 1.73 bits per heavy atom. The molecule has 0 unspecified atom stereocenters. The summed E-state index contributed by atoms with van der Waals surface area (Å²) in [5.41, 5.74) is 0.918. The van der Waals surface area contributed by atoms with Gasteiger partial charge >= 0.3 is 0 Å². The van der Waals surface area contributed by atoms with E-state index in [0.29, 0.717) is 38.6 Å². The summed E-state index contributed by atoms with van der Waals surface area (Å²) in [6.45, 7) is 1.66. The fourth-order valence-electron chi connectivity index (χ4n) is 2.07. The lowest BCUT2D eigenvalue weighted by atomic mass is 10.2. The van der Waals surface area contributed by atoms with Crippen molar-refractivity contribution in [2.75, 3.05) is 17.2 Å². The van der Waals surface area contributed by atoms with Crippen molar-refractivity contribution >= 4 is 58.0 Å². The highest BCUT2D eigenvalue weighted by Gasteiger charge is 2.10. The first-order chi connectivity index (χ1) is 12.4. The highest BCUT2D eigenvalue weighted by atomic mass is 35.5. The van der Waals surface area contributed by atoms with Crippen molar-refractivity contribution in [1.29, 1.82) is 0 Å². The van der Waals surface area contributed by atoms with Crippen LogP contribution in [0.3, 0.4) is 0 Å². The van der Waals surface area contributed by atoms with Crippen LogP contribution >= 0.6 is 34.8 Å². The molecule has 0 aliphatic rings. The second-order valence-corrected chi connectivity index (χ2v) is 6.66. The number of hydrogen-bond acceptors (Lipinski definition) is 3. The molecule has 0 aliphatic heterocycles. The quantitative estimate of drug-likeness (QED) is 0.636. The Balaban J connectivity index is 1.98. The first kappa shape index (κ1) is 20.4. The van der Waals surface area contributed by atoms with Crippen LogP contribution in [0.15, 0.2) is 36.4 Å². The van der Waals surface area contributed by atoms with E-state index in [1.165, 1.54) is 6.07 Å². The summed E-state index contributed by atoms with van der Waals surface area (Å²) < 4.78 is 5.38. The van der Waals surface area contributed by atoms with Crippen LogP contribution in [0.25, 0.3) is 0 Å². The molecule has 2 N–H and O–H groups in total. The number of anilines is 2. The summed E-state index contributed by atoms with van der Waals surface area (Å²) in [6, 6.07) is 9.55. The minimum absolute atomic E-state index is 0.104. The minimum Gasteiger partial charge on any atom is -0.482 e. The lowest BCUT2D eigenvalue weighted by molar-refractivity contribution is -0.118. The molecule has 0 fully saturated rings. The fourth-order valence-corrected chi connectivity index (χ4v) is 2.70. The van der Waals surface area contributed by atoms with E-state index >= 15 is 0 Å². The molecule has 8 heteroatoms. The molecule has 26 heavy (non-hydrogen) atoms. The van der Waals surface area contributed by atoms with Crippen molar-refractivity contribution in [3.05, 3.63) is 51.5 Å². The molecule has 0 heterocycles. The second-order valence-electron chi connectivity index (χ2n) is 5.40. The highest BCUT2D eigenvalue weighted by Crippen LogP contribution is 2.28. The number of carbonyl (C=O) groups excluding carboxylic acids is 2. The first-order valence-corrected chi connectivity index (χ1v) is 8.99. The van der Waals surface area contributed by atoms with E-state index in [1.54, 1.807) is 30.3 Å². The van der Waals surface area contributed by atoms with E-state index < -0.39 is 5.91 Å². The minimum atomic E-state index is -0.421. The van der Waals surface area contributed by atoms with E-state index in [2.05, 4.69) is 10.6 Å². The Hall–Kier alpha value is -1.95. The molecular weight excluding hydrogens is 399 g/mol. The number of ether oxygens (including phenoxy) is 1. The summed E-state index contributed by atoms with van der Waals surface area (Å²) >= 11 is 17.9. The molecule has 0 radical (unpaired) electrons.